The van der Waals surface area contributed by atoms with Gasteiger partial charge >= 0.3 is 0 Å². The fraction of sp³-hybridized carbons (Fsp3) is 0.333. The Bertz CT molecular complexity index is 566. The molecule has 0 fully saturated rings. The molecule has 0 saturated carbocycles. The van der Waals surface area contributed by atoms with Gasteiger partial charge in [0.15, 0.2) is 5.75 Å². The van der Waals surface area contributed by atoms with Crippen molar-refractivity contribution in [3.05, 3.63) is 36.0 Å². The van der Waals surface area contributed by atoms with Gasteiger partial charge in [-0.05, 0) is 18.1 Å². The van der Waals surface area contributed by atoms with Crippen LogP contribution in [-0.2, 0) is 0 Å². The van der Waals surface area contributed by atoms with Gasteiger partial charge in [0.25, 0.3) is 5.91 Å². The number of nitrogen functional groups attached to an aromatic ring is 1. The normalized spacial score (nSPS) is 20.9. The van der Waals surface area contributed by atoms with Crippen molar-refractivity contribution in [3.63, 3.8) is 0 Å². The highest BCUT2D eigenvalue weighted by Gasteiger charge is 2.22. The molecular weight excluding hydrogens is 254 g/mol. The number of allylic oxidation sites excluding steroid dienone is 1. The maximum Gasteiger partial charge on any atom is 0.257 e. The van der Waals surface area contributed by atoms with E-state index in [0.29, 0.717) is 12.5 Å². The second-order valence-corrected chi connectivity index (χ2v) is 5.09. The van der Waals surface area contributed by atoms with Crippen LogP contribution in [0.25, 0.3) is 0 Å². The third-order valence-electron chi connectivity index (χ3n) is 3.56. The molecule has 106 valence electrons. The molecule has 0 saturated heterocycles. The zero-order chi connectivity index (χ0) is 14.7. The van der Waals surface area contributed by atoms with E-state index in [9.17, 15) is 9.90 Å². The van der Waals surface area contributed by atoms with E-state index in [4.69, 9.17) is 5.73 Å². The van der Waals surface area contributed by atoms with Crippen LogP contribution in [0.3, 0.4) is 0 Å². The number of phenols is 1. The molecule has 1 heterocycles. The van der Waals surface area contributed by atoms with Crippen LogP contribution in [0.5, 0.6) is 5.75 Å². The third kappa shape index (κ3) is 2.82. The van der Waals surface area contributed by atoms with E-state index in [2.05, 4.69) is 11.9 Å². The quantitative estimate of drug-likeness (QED) is 0.652. The van der Waals surface area contributed by atoms with Gasteiger partial charge < -0.3 is 15.7 Å². The number of benzene rings is 1. The number of hydrogen-bond donors (Lipinski definition) is 2. The van der Waals surface area contributed by atoms with Crippen LogP contribution in [-0.4, -0.2) is 35.7 Å². The Kier molecular flexibility index (Phi) is 4.08. The lowest BCUT2D eigenvalue weighted by molar-refractivity contribution is 0.0776. The fourth-order valence-corrected chi connectivity index (χ4v) is 2.18. The summed E-state index contributed by atoms with van der Waals surface area (Å²) in [6.07, 6.45) is 5.64. The van der Waals surface area contributed by atoms with Crippen molar-refractivity contribution in [2.75, 3.05) is 19.3 Å². The summed E-state index contributed by atoms with van der Waals surface area (Å²) in [4.78, 5) is 18.0. The van der Waals surface area contributed by atoms with Crippen LogP contribution in [0.15, 0.2) is 35.5 Å². The number of amides is 1. The molecule has 3 N–H and O–H groups in total. The van der Waals surface area contributed by atoms with Gasteiger partial charge in [-0.3, -0.25) is 9.79 Å². The topological polar surface area (TPSA) is 78.9 Å². The molecule has 0 bridgehead atoms. The number of hydrogen-bond acceptors (Lipinski definition) is 4. The minimum Gasteiger partial charge on any atom is -0.505 e. The summed E-state index contributed by atoms with van der Waals surface area (Å²) in [5.41, 5.74) is 6.05. The van der Waals surface area contributed by atoms with Gasteiger partial charge in [0, 0.05) is 31.9 Å². The molecule has 5 nitrogen and oxygen atoms in total. The minimum absolute atomic E-state index is 0.158. The maximum atomic E-state index is 12.3. The summed E-state index contributed by atoms with van der Waals surface area (Å²) < 4.78 is 0. The molecule has 1 amide bonds. The van der Waals surface area contributed by atoms with Crippen molar-refractivity contribution in [2.45, 2.75) is 6.92 Å². The first kappa shape index (κ1) is 14.1. The van der Waals surface area contributed by atoms with Crippen LogP contribution < -0.4 is 5.73 Å². The predicted molar refractivity (Wildman–Crippen MR) is 79.8 cm³/mol. The molecule has 20 heavy (non-hydrogen) atoms. The van der Waals surface area contributed by atoms with Gasteiger partial charge in [-0.2, -0.15) is 0 Å². The van der Waals surface area contributed by atoms with Crippen molar-refractivity contribution < 1.29 is 9.90 Å². The molecule has 5 heteroatoms. The van der Waals surface area contributed by atoms with Gasteiger partial charge in [-0.25, -0.2) is 0 Å². The molecule has 1 aliphatic rings. The first-order valence-electron chi connectivity index (χ1n) is 6.53. The average molecular weight is 273 g/mol. The lowest BCUT2D eigenvalue weighted by atomic mass is 9.93. The second-order valence-electron chi connectivity index (χ2n) is 5.09. The fourth-order valence-electron chi connectivity index (χ4n) is 2.18. The average Bonchev–Trinajstić information content (AvgIpc) is 2.43. The monoisotopic (exact) mass is 273 g/mol. The Morgan fingerprint density at radius 3 is 2.95 bits per heavy atom. The summed E-state index contributed by atoms with van der Waals surface area (Å²) in [7, 11) is 1.71. The summed E-state index contributed by atoms with van der Waals surface area (Å²) in [6, 6.07) is 4.79. The third-order valence-corrected chi connectivity index (χ3v) is 3.56. The van der Waals surface area contributed by atoms with Crippen LogP contribution in [0.1, 0.15) is 17.3 Å². The first-order chi connectivity index (χ1) is 9.50. The number of aliphatic imine (C=N–C) groups is 1. The molecule has 1 aliphatic heterocycles. The summed E-state index contributed by atoms with van der Waals surface area (Å²) in [6.45, 7) is 2.63. The molecule has 1 aromatic rings. The number of nitrogens with zero attached hydrogens (tertiary/aromatic N) is 2. The van der Waals surface area contributed by atoms with Crippen molar-refractivity contribution in [1.82, 2.24) is 4.90 Å². The molecule has 0 aromatic heterocycles. The largest absolute Gasteiger partial charge is 0.505 e. The highest BCUT2D eigenvalue weighted by atomic mass is 16.3. The smallest absolute Gasteiger partial charge is 0.257 e. The van der Waals surface area contributed by atoms with Gasteiger partial charge in [0.2, 0.25) is 0 Å². The first-order valence-corrected chi connectivity index (χ1v) is 6.53. The number of carbonyl (C=O) groups excluding carboxylic acids is 1. The van der Waals surface area contributed by atoms with E-state index in [1.165, 1.54) is 0 Å². The zero-order valence-electron chi connectivity index (χ0n) is 11.7. The number of anilines is 1. The molecule has 2 rings (SSSR count). The summed E-state index contributed by atoms with van der Waals surface area (Å²) >= 11 is 0. The van der Waals surface area contributed by atoms with Crippen molar-refractivity contribution in [2.24, 2.45) is 16.8 Å². The standard InChI is InChI=1S/C15H19N3O2/c1-10-6-7-17-8-11(10)9-18(2)15(20)12-4-3-5-13(16)14(12)19/h3-8,10-11,19H,9,16H2,1-2H3. The Hall–Kier alpha value is -2.30. The maximum absolute atomic E-state index is 12.3. The molecule has 2 atom stereocenters. The molecular formula is C15H19N3O2. The van der Waals surface area contributed by atoms with Crippen molar-refractivity contribution >= 4 is 17.8 Å². The predicted octanol–water partition coefficient (Wildman–Crippen LogP) is 1.90. The van der Waals surface area contributed by atoms with Gasteiger partial charge in [0.1, 0.15) is 0 Å². The van der Waals surface area contributed by atoms with Crippen LogP contribution in [0.2, 0.25) is 0 Å². The summed E-state index contributed by atoms with van der Waals surface area (Å²) in [5, 5.41) is 9.86. The van der Waals surface area contributed by atoms with E-state index in [-0.39, 0.29) is 28.8 Å². The SMILES string of the molecule is CC1C=CN=CC1CN(C)C(=O)c1cccc(N)c1O. The van der Waals surface area contributed by atoms with Crippen LogP contribution >= 0.6 is 0 Å². The van der Waals surface area contributed by atoms with Gasteiger partial charge in [-0.15, -0.1) is 0 Å². The van der Waals surface area contributed by atoms with Gasteiger partial charge in [0.05, 0.1) is 11.3 Å². The number of rotatable bonds is 3. The van der Waals surface area contributed by atoms with Crippen molar-refractivity contribution in [1.29, 1.82) is 0 Å². The number of phenolic OH excluding ortho intramolecular Hbond substituents is 1. The molecule has 0 aliphatic carbocycles. The minimum atomic E-state index is -0.245. The van der Waals surface area contributed by atoms with E-state index in [1.807, 2.05) is 12.3 Å². The highest BCUT2D eigenvalue weighted by molar-refractivity contribution is 5.98. The molecule has 2 unspecified atom stereocenters. The van der Waals surface area contributed by atoms with Crippen LogP contribution in [0, 0.1) is 11.8 Å². The van der Waals surface area contributed by atoms with E-state index < -0.39 is 0 Å². The van der Waals surface area contributed by atoms with Crippen molar-refractivity contribution in [3.8, 4) is 5.75 Å². The Morgan fingerprint density at radius 2 is 2.25 bits per heavy atom. The Labute approximate surface area is 118 Å². The number of nitrogens with two attached hydrogens (primary N) is 1. The zero-order valence-corrected chi connectivity index (χ0v) is 11.7. The van der Waals surface area contributed by atoms with Crippen LogP contribution in [0.4, 0.5) is 5.69 Å². The number of para-hydroxylation sites is 1. The Balaban J connectivity index is 2.11. The summed E-state index contributed by atoms with van der Waals surface area (Å²) in [5.74, 6) is 0.105. The van der Waals surface area contributed by atoms with E-state index in [1.54, 1.807) is 36.3 Å². The molecule has 0 spiro atoms. The lowest BCUT2D eigenvalue weighted by Crippen LogP contribution is -2.35. The Morgan fingerprint density at radius 1 is 1.50 bits per heavy atom. The van der Waals surface area contributed by atoms with E-state index >= 15 is 0 Å². The molecule has 0 radical (unpaired) electrons. The highest BCUT2D eigenvalue weighted by Crippen LogP contribution is 2.26. The molecule has 1 aromatic carbocycles. The lowest BCUT2D eigenvalue weighted by Gasteiger charge is -2.26. The second kappa shape index (κ2) is 5.77. The van der Waals surface area contributed by atoms with Gasteiger partial charge in [-0.1, -0.05) is 19.1 Å². The number of aromatic hydroxyl groups is 1. The number of carbonyl (C=O) groups is 1. The van der Waals surface area contributed by atoms with E-state index in [0.717, 1.165) is 0 Å².